The molecule has 0 amide bonds. The lowest BCUT2D eigenvalue weighted by Gasteiger charge is -2.14. The summed E-state index contributed by atoms with van der Waals surface area (Å²) >= 11 is 1.83. The Hall–Kier alpha value is -1.32. The first-order valence-corrected chi connectivity index (χ1v) is 8.77. The SMILES string of the molecule is c1cc(CNCCc2cccs2)cc(OC2CCCC2)c1. The highest BCUT2D eigenvalue weighted by Crippen LogP contribution is 2.24. The molecule has 21 heavy (non-hydrogen) atoms. The third-order valence-electron chi connectivity index (χ3n) is 3.96. The van der Waals surface area contributed by atoms with Crippen molar-refractivity contribution in [3.63, 3.8) is 0 Å². The van der Waals surface area contributed by atoms with Crippen LogP contribution in [-0.4, -0.2) is 12.6 Å². The maximum Gasteiger partial charge on any atom is 0.120 e. The second kappa shape index (κ2) is 7.62. The Morgan fingerprint density at radius 1 is 1.14 bits per heavy atom. The van der Waals surface area contributed by atoms with Gasteiger partial charge in [0.1, 0.15) is 5.75 Å². The molecule has 1 fully saturated rings. The molecule has 1 aliphatic rings. The second-order valence-electron chi connectivity index (χ2n) is 5.68. The molecule has 1 saturated carbocycles. The zero-order valence-electron chi connectivity index (χ0n) is 12.4. The van der Waals surface area contributed by atoms with Crippen molar-refractivity contribution >= 4 is 11.3 Å². The molecule has 1 heterocycles. The number of thiophene rings is 1. The van der Waals surface area contributed by atoms with E-state index in [2.05, 4.69) is 47.1 Å². The Labute approximate surface area is 131 Å². The molecule has 0 bridgehead atoms. The Morgan fingerprint density at radius 3 is 2.86 bits per heavy atom. The van der Waals surface area contributed by atoms with Crippen LogP contribution in [0.3, 0.4) is 0 Å². The Balaban J connectivity index is 1.44. The smallest absolute Gasteiger partial charge is 0.120 e. The van der Waals surface area contributed by atoms with Crippen LogP contribution in [0.5, 0.6) is 5.75 Å². The predicted octanol–water partition coefficient (Wildman–Crippen LogP) is 4.40. The van der Waals surface area contributed by atoms with E-state index in [0.29, 0.717) is 6.10 Å². The molecular weight excluding hydrogens is 278 g/mol. The van der Waals surface area contributed by atoms with Crippen molar-refractivity contribution in [3.8, 4) is 5.75 Å². The van der Waals surface area contributed by atoms with Crippen LogP contribution in [0.25, 0.3) is 0 Å². The highest BCUT2D eigenvalue weighted by Gasteiger charge is 2.16. The van der Waals surface area contributed by atoms with Crippen molar-refractivity contribution in [3.05, 3.63) is 52.2 Å². The lowest BCUT2D eigenvalue weighted by molar-refractivity contribution is 0.210. The summed E-state index contributed by atoms with van der Waals surface area (Å²) in [6.45, 7) is 1.93. The molecule has 3 rings (SSSR count). The lowest BCUT2D eigenvalue weighted by Crippen LogP contribution is -2.16. The molecule has 1 aromatic heterocycles. The van der Waals surface area contributed by atoms with Crippen molar-refractivity contribution in [1.82, 2.24) is 5.32 Å². The van der Waals surface area contributed by atoms with Crippen molar-refractivity contribution in [2.75, 3.05) is 6.54 Å². The van der Waals surface area contributed by atoms with Gasteiger partial charge in [0.15, 0.2) is 0 Å². The van der Waals surface area contributed by atoms with Gasteiger partial charge in [-0.1, -0.05) is 18.2 Å². The van der Waals surface area contributed by atoms with Crippen molar-refractivity contribution < 1.29 is 4.74 Å². The van der Waals surface area contributed by atoms with Gasteiger partial charge in [0.2, 0.25) is 0 Å². The summed E-state index contributed by atoms with van der Waals surface area (Å²) in [7, 11) is 0. The Morgan fingerprint density at radius 2 is 2.05 bits per heavy atom. The topological polar surface area (TPSA) is 21.3 Å². The summed E-state index contributed by atoms with van der Waals surface area (Å²) in [6.07, 6.45) is 6.60. The average Bonchev–Trinajstić information content (AvgIpc) is 3.17. The van der Waals surface area contributed by atoms with Crippen molar-refractivity contribution in [1.29, 1.82) is 0 Å². The first-order valence-electron chi connectivity index (χ1n) is 7.89. The monoisotopic (exact) mass is 301 g/mol. The van der Waals surface area contributed by atoms with E-state index in [0.717, 1.165) is 25.3 Å². The molecule has 0 atom stereocenters. The quantitative estimate of drug-likeness (QED) is 0.765. The minimum absolute atomic E-state index is 0.437. The van der Waals surface area contributed by atoms with E-state index in [9.17, 15) is 0 Å². The zero-order chi connectivity index (χ0) is 14.3. The van der Waals surface area contributed by atoms with E-state index in [1.165, 1.54) is 36.1 Å². The standard InChI is InChI=1S/C18H23NOS/c1-2-7-16(6-1)20-17-8-3-5-15(13-17)14-19-11-10-18-9-4-12-21-18/h3-5,8-9,12-13,16,19H,1-2,6-7,10-11,14H2. The van der Waals surface area contributed by atoms with Gasteiger partial charge in [0.05, 0.1) is 6.10 Å². The number of hydrogen-bond donors (Lipinski definition) is 1. The van der Waals surface area contributed by atoms with Crippen LogP contribution in [0, 0.1) is 0 Å². The van der Waals surface area contributed by atoms with Gasteiger partial charge in [-0.25, -0.2) is 0 Å². The van der Waals surface area contributed by atoms with Gasteiger partial charge in [-0.05, 0) is 61.2 Å². The maximum atomic E-state index is 6.06. The van der Waals surface area contributed by atoms with Gasteiger partial charge in [-0.2, -0.15) is 0 Å². The summed E-state index contributed by atoms with van der Waals surface area (Å²) in [5, 5.41) is 5.65. The van der Waals surface area contributed by atoms with Crippen LogP contribution in [0.2, 0.25) is 0 Å². The average molecular weight is 301 g/mol. The van der Waals surface area contributed by atoms with Gasteiger partial charge in [0, 0.05) is 18.0 Å². The summed E-state index contributed by atoms with van der Waals surface area (Å²) < 4.78 is 6.06. The van der Waals surface area contributed by atoms with Gasteiger partial charge in [-0.15, -0.1) is 11.3 Å². The van der Waals surface area contributed by atoms with Crippen LogP contribution in [-0.2, 0) is 13.0 Å². The van der Waals surface area contributed by atoms with E-state index >= 15 is 0 Å². The molecule has 0 radical (unpaired) electrons. The predicted molar refractivity (Wildman–Crippen MR) is 89.1 cm³/mol. The molecule has 0 aliphatic heterocycles. The number of benzene rings is 1. The number of hydrogen-bond acceptors (Lipinski definition) is 3. The molecule has 1 aromatic carbocycles. The Kier molecular flexibility index (Phi) is 5.30. The number of nitrogens with one attached hydrogen (secondary N) is 1. The summed E-state index contributed by atoms with van der Waals surface area (Å²) in [6, 6.07) is 12.8. The molecule has 2 aromatic rings. The fourth-order valence-corrected chi connectivity index (χ4v) is 3.54. The number of rotatable bonds is 7. The second-order valence-corrected chi connectivity index (χ2v) is 6.71. The van der Waals surface area contributed by atoms with Crippen LogP contribution in [0.1, 0.15) is 36.1 Å². The minimum Gasteiger partial charge on any atom is -0.490 e. The molecule has 0 unspecified atom stereocenters. The van der Waals surface area contributed by atoms with E-state index < -0.39 is 0 Å². The molecule has 2 nitrogen and oxygen atoms in total. The summed E-state index contributed by atoms with van der Waals surface area (Å²) in [4.78, 5) is 1.45. The molecule has 3 heteroatoms. The van der Waals surface area contributed by atoms with E-state index in [1.54, 1.807) is 0 Å². The highest BCUT2D eigenvalue weighted by molar-refractivity contribution is 7.09. The van der Waals surface area contributed by atoms with Crippen molar-refractivity contribution in [2.45, 2.75) is 44.8 Å². The van der Waals surface area contributed by atoms with E-state index in [1.807, 2.05) is 11.3 Å². The third-order valence-corrected chi connectivity index (χ3v) is 4.90. The first-order chi connectivity index (χ1) is 10.4. The fraction of sp³-hybridized carbons (Fsp3) is 0.444. The molecule has 112 valence electrons. The summed E-state index contributed by atoms with van der Waals surface area (Å²) in [5.41, 5.74) is 1.30. The van der Waals surface area contributed by atoms with Crippen LogP contribution >= 0.6 is 11.3 Å². The van der Waals surface area contributed by atoms with E-state index in [4.69, 9.17) is 4.74 Å². The van der Waals surface area contributed by atoms with E-state index in [-0.39, 0.29) is 0 Å². The zero-order valence-corrected chi connectivity index (χ0v) is 13.2. The fourth-order valence-electron chi connectivity index (χ4n) is 2.83. The normalized spacial score (nSPS) is 15.4. The van der Waals surface area contributed by atoms with Gasteiger partial charge in [-0.3, -0.25) is 0 Å². The Bertz CT molecular complexity index is 532. The van der Waals surface area contributed by atoms with Crippen LogP contribution in [0.4, 0.5) is 0 Å². The first kappa shape index (κ1) is 14.6. The van der Waals surface area contributed by atoms with Gasteiger partial charge in [0.25, 0.3) is 0 Å². The van der Waals surface area contributed by atoms with Crippen LogP contribution in [0.15, 0.2) is 41.8 Å². The molecule has 1 N–H and O–H groups in total. The summed E-state index contributed by atoms with van der Waals surface area (Å²) in [5.74, 6) is 1.03. The minimum atomic E-state index is 0.437. The van der Waals surface area contributed by atoms with Crippen molar-refractivity contribution in [2.24, 2.45) is 0 Å². The van der Waals surface area contributed by atoms with Gasteiger partial charge >= 0.3 is 0 Å². The molecular formula is C18H23NOS. The molecule has 0 saturated heterocycles. The van der Waals surface area contributed by atoms with Crippen LogP contribution < -0.4 is 10.1 Å². The molecule has 1 aliphatic carbocycles. The molecule has 0 spiro atoms. The third kappa shape index (κ3) is 4.58. The van der Waals surface area contributed by atoms with Gasteiger partial charge < -0.3 is 10.1 Å². The highest BCUT2D eigenvalue weighted by atomic mass is 32.1. The number of ether oxygens (including phenoxy) is 1. The largest absolute Gasteiger partial charge is 0.490 e. The lowest BCUT2D eigenvalue weighted by atomic mass is 10.2. The maximum absolute atomic E-state index is 6.06.